The van der Waals surface area contributed by atoms with Gasteiger partial charge in [0.2, 0.25) is 0 Å². The molecular formula is C18H18ClN3O5. The van der Waals surface area contributed by atoms with E-state index in [9.17, 15) is 19.7 Å². The van der Waals surface area contributed by atoms with Gasteiger partial charge < -0.3 is 15.4 Å². The van der Waals surface area contributed by atoms with E-state index in [4.69, 9.17) is 16.3 Å². The summed E-state index contributed by atoms with van der Waals surface area (Å²) in [7, 11) is 1.53. The Morgan fingerprint density at radius 2 is 1.96 bits per heavy atom. The zero-order valence-corrected chi connectivity index (χ0v) is 15.4. The molecule has 2 N–H and O–H groups in total. The molecule has 1 atom stereocenters. The van der Waals surface area contributed by atoms with Crippen LogP contribution in [0.2, 0.25) is 5.02 Å². The number of nitrogens with zero attached hydrogens (tertiary/aromatic N) is 1. The second-order valence-electron chi connectivity index (χ2n) is 5.60. The molecule has 2 aromatic rings. The number of amides is 1. The number of nitro groups is 1. The third kappa shape index (κ3) is 5.18. The first kappa shape index (κ1) is 20.2. The van der Waals surface area contributed by atoms with Gasteiger partial charge in [-0.3, -0.25) is 14.9 Å². The summed E-state index contributed by atoms with van der Waals surface area (Å²) in [6, 6.07) is 10.9. The van der Waals surface area contributed by atoms with Crippen LogP contribution in [0.4, 0.5) is 11.4 Å². The second-order valence-corrected chi connectivity index (χ2v) is 6.00. The van der Waals surface area contributed by atoms with Crippen molar-refractivity contribution in [2.75, 3.05) is 12.4 Å². The first-order chi connectivity index (χ1) is 12.8. The van der Waals surface area contributed by atoms with Crippen molar-refractivity contribution >= 4 is 34.9 Å². The fourth-order valence-corrected chi connectivity index (χ4v) is 2.47. The summed E-state index contributed by atoms with van der Waals surface area (Å²) in [5.74, 6) is -1.34. The van der Waals surface area contributed by atoms with Crippen molar-refractivity contribution in [1.29, 1.82) is 0 Å². The van der Waals surface area contributed by atoms with Gasteiger partial charge in [-0.15, -0.1) is 0 Å². The number of carbonyl (C=O) groups excluding carboxylic acids is 2. The Morgan fingerprint density at radius 1 is 1.26 bits per heavy atom. The molecule has 8 nitrogen and oxygen atoms in total. The number of nitrogens with one attached hydrogen (secondary N) is 2. The molecule has 0 saturated heterocycles. The maximum Gasteiger partial charge on any atom is 0.339 e. The van der Waals surface area contributed by atoms with Crippen LogP contribution in [0, 0.1) is 10.1 Å². The first-order valence-electron chi connectivity index (χ1n) is 8.01. The highest BCUT2D eigenvalue weighted by molar-refractivity contribution is 6.31. The monoisotopic (exact) mass is 391 g/mol. The fourth-order valence-electron chi connectivity index (χ4n) is 2.27. The van der Waals surface area contributed by atoms with E-state index in [1.54, 1.807) is 24.3 Å². The fraction of sp³-hybridized carbons (Fsp3) is 0.222. The largest absolute Gasteiger partial charge is 0.449 e. The van der Waals surface area contributed by atoms with E-state index in [2.05, 4.69) is 10.6 Å². The molecular weight excluding hydrogens is 374 g/mol. The molecule has 0 aromatic heterocycles. The van der Waals surface area contributed by atoms with Crippen LogP contribution in [0.25, 0.3) is 0 Å². The molecule has 0 aliphatic rings. The molecule has 0 unspecified atom stereocenters. The SMILES string of the molecule is CNc1ccc(C(=O)O[C@@H](C)C(=O)NCc2ccccc2Cl)cc1[N+](=O)[O-]. The molecule has 0 radical (unpaired) electrons. The summed E-state index contributed by atoms with van der Waals surface area (Å²) in [6.07, 6.45) is -1.08. The van der Waals surface area contributed by atoms with Crippen LogP contribution in [-0.4, -0.2) is 30.0 Å². The normalized spacial score (nSPS) is 11.4. The minimum Gasteiger partial charge on any atom is -0.449 e. The van der Waals surface area contributed by atoms with Crippen molar-refractivity contribution in [3.8, 4) is 0 Å². The molecule has 2 rings (SSSR count). The van der Waals surface area contributed by atoms with Gasteiger partial charge in [-0.1, -0.05) is 29.8 Å². The Hall–Kier alpha value is -3.13. The molecule has 0 spiro atoms. The van der Waals surface area contributed by atoms with Crippen molar-refractivity contribution in [2.24, 2.45) is 0 Å². The number of ether oxygens (including phenoxy) is 1. The highest BCUT2D eigenvalue weighted by Gasteiger charge is 2.22. The molecule has 9 heteroatoms. The lowest BCUT2D eigenvalue weighted by molar-refractivity contribution is -0.384. The average molecular weight is 392 g/mol. The van der Waals surface area contributed by atoms with Crippen molar-refractivity contribution in [3.63, 3.8) is 0 Å². The molecule has 1 amide bonds. The number of carbonyl (C=O) groups is 2. The number of esters is 1. The molecule has 0 fully saturated rings. The van der Waals surface area contributed by atoms with E-state index in [1.807, 2.05) is 0 Å². The molecule has 142 valence electrons. The lowest BCUT2D eigenvalue weighted by Crippen LogP contribution is -2.35. The second kappa shape index (κ2) is 9.00. The Morgan fingerprint density at radius 3 is 2.59 bits per heavy atom. The van der Waals surface area contributed by atoms with Crippen LogP contribution in [0.1, 0.15) is 22.8 Å². The summed E-state index contributed by atoms with van der Waals surface area (Å²) < 4.78 is 5.10. The quantitative estimate of drug-likeness (QED) is 0.426. The Kier molecular flexibility index (Phi) is 6.73. The number of nitro benzene ring substituents is 1. The molecule has 0 aliphatic carbocycles. The number of rotatable bonds is 7. The third-order valence-corrected chi connectivity index (χ3v) is 4.13. The van der Waals surface area contributed by atoms with Gasteiger partial charge in [-0.2, -0.15) is 0 Å². The molecule has 2 aromatic carbocycles. The Balaban J connectivity index is 2.00. The smallest absolute Gasteiger partial charge is 0.339 e. The van der Waals surface area contributed by atoms with Gasteiger partial charge >= 0.3 is 5.97 Å². The predicted molar refractivity (Wildman–Crippen MR) is 101 cm³/mol. The third-order valence-electron chi connectivity index (χ3n) is 3.76. The van der Waals surface area contributed by atoms with E-state index >= 15 is 0 Å². The number of anilines is 1. The van der Waals surface area contributed by atoms with Crippen LogP contribution in [-0.2, 0) is 16.1 Å². The maximum atomic E-state index is 12.2. The molecule has 0 saturated carbocycles. The highest BCUT2D eigenvalue weighted by atomic mass is 35.5. The number of hydrogen-bond acceptors (Lipinski definition) is 6. The lowest BCUT2D eigenvalue weighted by atomic mass is 10.1. The zero-order valence-electron chi connectivity index (χ0n) is 14.7. The van der Waals surface area contributed by atoms with Crippen molar-refractivity contribution in [3.05, 3.63) is 68.7 Å². The lowest BCUT2D eigenvalue weighted by Gasteiger charge is -2.14. The van der Waals surface area contributed by atoms with Crippen molar-refractivity contribution < 1.29 is 19.2 Å². The predicted octanol–water partition coefficient (Wildman–Crippen LogP) is 3.15. The Labute approximate surface area is 160 Å². The number of benzene rings is 2. The van der Waals surface area contributed by atoms with Gasteiger partial charge in [0, 0.05) is 24.7 Å². The van der Waals surface area contributed by atoms with Crippen LogP contribution in [0.3, 0.4) is 0 Å². The van der Waals surface area contributed by atoms with Gasteiger partial charge in [-0.25, -0.2) is 4.79 Å². The van der Waals surface area contributed by atoms with Gasteiger partial charge in [0.1, 0.15) is 5.69 Å². The minimum atomic E-state index is -1.08. The van der Waals surface area contributed by atoms with E-state index in [-0.39, 0.29) is 23.5 Å². The zero-order chi connectivity index (χ0) is 20.0. The van der Waals surface area contributed by atoms with E-state index in [1.165, 1.54) is 26.1 Å². The molecule has 0 bridgehead atoms. The summed E-state index contributed by atoms with van der Waals surface area (Å²) in [6.45, 7) is 1.60. The summed E-state index contributed by atoms with van der Waals surface area (Å²) in [5.41, 5.74) is 0.709. The standard InChI is InChI=1S/C18H18ClN3O5/c1-11(17(23)21-10-13-5-3-4-6-14(13)19)27-18(24)12-7-8-15(20-2)16(9-12)22(25)26/h3-9,11,20H,10H2,1-2H3,(H,21,23)/t11-/m0/s1. The summed E-state index contributed by atoms with van der Waals surface area (Å²) in [4.78, 5) is 34.8. The Bertz CT molecular complexity index is 872. The van der Waals surface area contributed by atoms with E-state index < -0.39 is 22.9 Å². The topological polar surface area (TPSA) is 111 Å². The van der Waals surface area contributed by atoms with Crippen LogP contribution in [0.5, 0.6) is 0 Å². The first-order valence-corrected chi connectivity index (χ1v) is 8.39. The van der Waals surface area contributed by atoms with Gasteiger partial charge in [0.15, 0.2) is 6.10 Å². The number of hydrogen-bond donors (Lipinski definition) is 2. The molecule has 0 heterocycles. The minimum absolute atomic E-state index is 0.0218. The number of halogens is 1. The van der Waals surface area contributed by atoms with Crippen LogP contribution >= 0.6 is 11.6 Å². The van der Waals surface area contributed by atoms with Crippen LogP contribution < -0.4 is 10.6 Å². The maximum absolute atomic E-state index is 12.2. The van der Waals surface area contributed by atoms with E-state index in [0.29, 0.717) is 5.02 Å². The van der Waals surface area contributed by atoms with Gasteiger partial charge in [0.05, 0.1) is 10.5 Å². The van der Waals surface area contributed by atoms with E-state index in [0.717, 1.165) is 11.6 Å². The summed E-state index contributed by atoms with van der Waals surface area (Å²) in [5, 5.41) is 16.9. The summed E-state index contributed by atoms with van der Waals surface area (Å²) >= 11 is 6.02. The van der Waals surface area contributed by atoms with Crippen LogP contribution in [0.15, 0.2) is 42.5 Å². The molecule has 0 aliphatic heterocycles. The van der Waals surface area contributed by atoms with Gasteiger partial charge in [0.25, 0.3) is 11.6 Å². The van der Waals surface area contributed by atoms with Crippen molar-refractivity contribution in [1.82, 2.24) is 5.32 Å². The molecule has 27 heavy (non-hydrogen) atoms. The van der Waals surface area contributed by atoms with Crippen molar-refractivity contribution in [2.45, 2.75) is 19.6 Å². The average Bonchev–Trinajstić information content (AvgIpc) is 2.66. The van der Waals surface area contributed by atoms with Gasteiger partial charge in [-0.05, 0) is 30.7 Å². The highest BCUT2D eigenvalue weighted by Crippen LogP contribution is 2.25.